The Morgan fingerprint density at radius 1 is 0.923 bits per heavy atom. The maximum atomic E-state index is 5.52. The molecule has 0 aliphatic carbocycles. The molecule has 3 aromatic rings. The fraction of sp³-hybridized carbons (Fsp3) is 0.238. The van der Waals surface area contributed by atoms with Crippen LogP contribution in [0.4, 0.5) is 0 Å². The zero-order valence-corrected chi connectivity index (χ0v) is 14.6. The fourth-order valence-corrected chi connectivity index (χ4v) is 3.13. The van der Waals surface area contributed by atoms with Gasteiger partial charge in [-0.15, -0.1) is 0 Å². The molecule has 0 spiro atoms. The quantitative estimate of drug-likeness (QED) is 0.711. The molecule has 1 atom stereocenters. The number of hydrogen-bond donors (Lipinski definition) is 0. The monoisotopic (exact) mass is 346 g/mol. The highest BCUT2D eigenvalue weighted by atomic mass is 16.5. The second kappa shape index (κ2) is 8.08. The van der Waals surface area contributed by atoms with Crippen molar-refractivity contribution in [3.63, 3.8) is 0 Å². The lowest BCUT2D eigenvalue weighted by molar-refractivity contribution is 0.0247. The Balaban J connectivity index is 1.62. The topological polar surface area (TPSA) is 43.2 Å². The van der Waals surface area contributed by atoms with Gasteiger partial charge < -0.3 is 4.74 Å². The second-order valence-corrected chi connectivity index (χ2v) is 6.26. The number of para-hydroxylation sites is 1. The summed E-state index contributed by atoms with van der Waals surface area (Å²) in [6.07, 6.45) is 6.23. The molecule has 0 amide bonds. The molecule has 1 saturated heterocycles. The molecule has 0 bridgehead atoms. The highest BCUT2D eigenvalue weighted by molar-refractivity contribution is 5.50. The van der Waals surface area contributed by atoms with Crippen LogP contribution in [0.1, 0.15) is 17.3 Å². The Kier molecular flexibility index (Phi) is 5.19. The summed E-state index contributed by atoms with van der Waals surface area (Å²) >= 11 is 0. The van der Waals surface area contributed by atoms with E-state index >= 15 is 0 Å². The number of hydrogen-bond acceptors (Lipinski definition) is 4. The molecule has 5 nitrogen and oxygen atoms in total. The summed E-state index contributed by atoms with van der Waals surface area (Å²) in [5.74, 6) is 0. The molecule has 2 heterocycles. The highest BCUT2D eigenvalue weighted by Gasteiger charge is 2.23. The van der Waals surface area contributed by atoms with Gasteiger partial charge in [-0.2, -0.15) is 15.0 Å². The van der Waals surface area contributed by atoms with Crippen molar-refractivity contribution < 1.29 is 4.74 Å². The minimum absolute atomic E-state index is 0.0802. The van der Waals surface area contributed by atoms with Crippen molar-refractivity contribution in [2.45, 2.75) is 6.04 Å². The highest BCUT2D eigenvalue weighted by Crippen LogP contribution is 2.23. The molecule has 1 unspecified atom stereocenters. The van der Waals surface area contributed by atoms with E-state index in [1.165, 1.54) is 5.56 Å². The Hall–Kier alpha value is -2.76. The van der Waals surface area contributed by atoms with Gasteiger partial charge in [0.15, 0.2) is 0 Å². The van der Waals surface area contributed by atoms with Gasteiger partial charge in [-0.05, 0) is 17.7 Å². The van der Waals surface area contributed by atoms with E-state index in [-0.39, 0.29) is 6.04 Å². The summed E-state index contributed by atoms with van der Waals surface area (Å²) in [6.45, 7) is 3.29. The number of nitrogens with zero attached hydrogens (tertiary/aromatic N) is 4. The smallest absolute Gasteiger partial charge is 0.104 e. The van der Waals surface area contributed by atoms with Gasteiger partial charge in [0.25, 0.3) is 0 Å². The summed E-state index contributed by atoms with van der Waals surface area (Å²) in [5.41, 5.74) is 3.09. The lowest BCUT2D eigenvalue weighted by atomic mass is 10.1. The first-order valence-corrected chi connectivity index (χ1v) is 8.93. The zero-order chi connectivity index (χ0) is 17.6. The minimum Gasteiger partial charge on any atom is -0.379 e. The van der Waals surface area contributed by atoms with Crippen LogP contribution in [0.15, 0.2) is 72.9 Å². The van der Waals surface area contributed by atoms with E-state index in [1.807, 2.05) is 42.6 Å². The molecule has 5 heteroatoms. The Bertz CT molecular complexity index is 839. The zero-order valence-electron chi connectivity index (χ0n) is 14.6. The van der Waals surface area contributed by atoms with E-state index in [2.05, 4.69) is 46.4 Å². The lowest BCUT2D eigenvalue weighted by Crippen LogP contribution is -2.38. The summed E-state index contributed by atoms with van der Waals surface area (Å²) in [5, 5.41) is 9.21. The van der Waals surface area contributed by atoms with E-state index in [0.29, 0.717) is 0 Å². The molecule has 1 aliphatic rings. The summed E-state index contributed by atoms with van der Waals surface area (Å²) in [4.78, 5) is 4.08. The van der Waals surface area contributed by atoms with Gasteiger partial charge in [0.05, 0.1) is 31.1 Å². The van der Waals surface area contributed by atoms with E-state index in [9.17, 15) is 0 Å². The van der Waals surface area contributed by atoms with Crippen LogP contribution >= 0.6 is 0 Å². The first-order chi connectivity index (χ1) is 12.9. The van der Waals surface area contributed by atoms with Crippen molar-refractivity contribution in [1.82, 2.24) is 19.9 Å². The predicted molar refractivity (Wildman–Crippen MR) is 102 cm³/mol. The van der Waals surface area contributed by atoms with Crippen molar-refractivity contribution in [1.29, 1.82) is 0 Å². The van der Waals surface area contributed by atoms with Gasteiger partial charge in [0.2, 0.25) is 0 Å². The summed E-state index contributed by atoms with van der Waals surface area (Å²) in [7, 11) is 0. The molecule has 0 N–H and O–H groups in total. The SMILES string of the molecule is C(=C\C(c1cnn(-c2ccccc2)n1)N1CCOCC1)/c1ccccc1. The third-order valence-electron chi connectivity index (χ3n) is 4.51. The number of ether oxygens (including phenoxy) is 1. The number of morpholine rings is 1. The van der Waals surface area contributed by atoms with Gasteiger partial charge in [-0.25, -0.2) is 0 Å². The van der Waals surface area contributed by atoms with Gasteiger partial charge in [0, 0.05) is 13.1 Å². The fourth-order valence-electron chi connectivity index (χ4n) is 3.13. The molecule has 2 aromatic carbocycles. The van der Waals surface area contributed by atoms with Crippen molar-refractivity contribution >= 4 is 6.08 Å². The van der Waals surface area contributed by atoms with E-state index in [0.717, 1.165) is 37.7 Å². The summed E-state index contributed by atoms with van der Waals surface area (Å²) in [6, 6.07) is 20.4. The minimum atomic E-state index is 0.0802. The first kappa shape index (κ1) is 16.7. The van der Waals surface area contributed by atoms with E-state index < -0.39 is 0 Å². The van der Waals surface area contributed by atoms with Gasteiger partial charge >= 0.3 is 0 Å². The molecule has 1 aliphatic heterocycles. The van der Waals surface area contributed by atoms with Crippen LogP contribution in [0, 0.1) is 0 Å². The number of rotatable bonds is 5. The molecule has 0 radical (unpaired) electrons. The van der Waals surface area contributed by atoms with Crippen LogP contribution < -0.4 is 0 Å². The van der Waals surface area contributed by atoms with Crippen LogP contribution in [0.2, 0.25) is 0 Å². The van der Waals surface area contributed by atoms with Crippen molar-refractivity contribution in [3.8, 4) is 5.69 Å². The van der Waals surface area contributed by atoms with Crippen LogP contribution in [0.25, 0.3) is 11.8 Å². The third kappa shape index (κ3) is 3.90. The van der Waals surface area contributed by atoms with Crippen molar-refractivity contribution in [2.75, 3.05) is 26.3 Å². The predicted octanol–water partition coefficient (Wildman–Crippen LogP) is 3.35. The van der Waals surface area contributed by atoms with Gasteiger partial charge in [0.1, 0.15) is 5.69 Å². The van der Waals surface area contributed by atoms with Crippen LogP contribution in [0.3, 0.4) is 0 Å². The molecule has 132 valence electrons. The Morgan fingerprint density at radius 3 is 2.35 bits per heavy atom. The maximum absolute atomic E-state index is 5.52. The Labute approximate surface area is 153 Å². The average Bonchev–Trinajstić information content (AvgIpc) is 3.20. The molecule has 4 rings (SSSR count). The molecular weight excluding hydrogens is 324 g/mol. The van der Waals surface area contributed by atoms with Crippen LogP contribution in [0.5, 0.6) is 0 Å². The third-order valence-corrected chi connectivity index (χ3v) is 4.51. The molecule has 1 aromatic heterocycles. The normalized spacial score (nSPS) is 16.8. The largest absolute Gasteiger partial charge is 0.379 e. The standard InChI is InChI=1S/C21H22N4O/c1-3-7-18(8-4-1)11-12-21(24-13-15-26-16-14-24)20-17-22-25(23-20)19-9-5-2-6-10-19/h1-12,17,21H,13-16H2/b12-11+. The lowest BCUT2D eigenvalue weighted by Gasteiger charge is -2.31. The molecular formula is C21H22N4O. The van der Waals surface area contributed by atoms with Gasteiger partial charge in [-0.3, -0.25) is 4.90 Å². The van der Waals surface area contributed by atoms with E-state index in [1.54, 1.807) is 4.80 Å². The van der Waals surface area contributed by atoms with Gasteiger partial charge in [-0.1, -0.05) is 60.7 Å². The van der Waals surface area contributed by atoms with Crippen LogP contribution in [-0.4, -0.2) is 46.2 Å². The second-order valence-electron chi connectivity index (χ2n) is 6.26. The number of benzene rings is 2. The van der Waals surface area contributed by atoms with Crippen LogP contribution in [-0.2, 0) is 4.74 Å². The summed E-state index contributed by atoms with van der Waals surface area (Å²) < 4.78 is 5.52. The Morgan fingerprint density at radius 2 is 1.62 bits per heavy atom. The first-order valence-electron chi connectivity index (χ1n) is 8.93. The van der Waals surface area contributed by atoms with E-state index in [4.69, 9.17) is 9.84 Å². The molecule has 0 saturated carbocycles. The average molecular weight is 346 g/mol. The van der Waals surface area contributed by atoms with Crippen molar-refractivity contribution in [2.24, 2.45) is 0 Å². The maximum Gasteiger partial charge on any atom is 0.104 e. The van der Waals surface area contributed by atoms with Crippen molar-refractivity contribution in [3.05, 3.63) is 84.2 Å². The number of aromatic nitrogens is 3. The molecule has 26 heavy (non-hydrogen) atoms. The molecule has 1 fully saturated rings.